The first-order chi connectivity index (χ1) is 10.7. The Bertz CT molecular complexity index is 622. The van der Waals surface area contributed by atoms with Crippen molar-refractivity contribution in [3.05, 3.63) is 47.6 Å². The molecule has 0 radical (unpaired) electrons. The SMILES string of the molecule is CC(NC(=O)C1CCNN1)c1noc(Cc2ccccc2)n1. The van der Waals surface area contributed by atoms with E-state index in [9.17, 15) is 4.79 Å². The fourth-order valence-electron chi connectivity index (χ4n) is 2.35. The van der Waals surface area contributed by atoms with Gasteiger partial charge in [0.15, 0.2) is 5.82 Å². The minimum Gasteiger partial charge on any atom is -0.345 e. The summed E-state index contributed by atoms with van der Waals surface area (Å²) in [5.41, 5.74) is 6.97. The minimum atomic E-state index is -0.289. The number of hydrazine groups is 1. The molecule has 116 valence electrons. The first-order valence-electron chi connectivity index (χ1n) is 7.37. The van der Waals surface area contributed by atoms with Crippen LogP contribution in [-0.2, 0) is 11.2 Å². The summed E-state index contributed by atoms with van der Waals surface area (Å²) in [6, 6.07) is 9.42. The number of carbonyl (C=O) groups excluding carboxylic acids is 1. The van der Waals surface area contributed by atoms with Crippen molar-refractivity contribution < 1.29 is 9.32 Å². The molecule has 0 bridgehead atoms. The van der Waals surface area contributed by atoms with E-state index in [0.717, 1.165) is 18.5 Å². The maximum absolute atomic E-state index is 12.0. The summed E-state index contributed by atoms with van der Waals surface area (Å²) in [4.78, 5) is 16.4. The molecule has 2 heterocycles. The van der Waals surface area contributed by atoms with E-state index in [1.54, 1.807) is 0 Å². The van der Waals surface area contributed by atoms with E-state index < -0.39 is 0 Å². The fraction of sp³-hybridized carbons (Fsp3) is 0.400. The van der Waals surface area contributed by atoms with Crippen molar-refractivity contribution in [2.75, 3.05) is 6.54 Å². The molecule has 1 saturated heterocycles. The Labute approximate surface area is 128 Å². The van der Waals surface area contributed by atoms with Gasteiger partial charge in [-0.05, 0) is 18.9 Å². The van der Waals surface area contributed by atoms with Gasteiger partial charge in [-0.25, -0.2) is 5.43 Å². The van der Waals surface area contributed by atoms with Gasteiger partial charge in [-0.2, -0.15) is 4.98 Å². The molecule has 1 fully saturated rings. The van der Waals surface area contributed by atoms with Gasteiger partial charge in [0.05, 0.1) is 12.5 Å². The number of hydrogen-bond acceptors (Lipinski definition) is 6. The molecule has 0 spiro atoms. The van der Waals surface area contributed by atoms with Gasteiger partial charge in [0.2, 0.25) is 11.8 Å². The number of benzene rings is 1. The average molecular weight is 301 g/mol. The van der Waals surface area contributed by atoms with E-state index in [1.807, 2.05) is 37.3 Å². The van der Waals surface area contributed by atoms with Crippen molar-refractivity contribution >= 4 is 5.91 Å². The van der Waals surface area contributed by atoms with Crippen LogP contribution in [0.5, 0.6) is 0 Å². The Morgan fingerprint density at radius 3 is 3.00 bits per heavy atom. The summed E-state index contributed by atoms with van der Waals surface area (Å²) >= 11 is 0. The van der Waals surface area contributed by atoms with Crippen LogP contribution in [0, 0.1) is 0 Å². The second kappa shape index (κ2) is 6.67. The van der Waals surface area contributed by atoms with Gasteiger partial charge >= 0.3 is 0 Å². The van der Waals surface area contributed by atoms with Crippen LogP contribution in [0.3, 0.4) is 0 Å². The van der Waals surface area contributed by atoms with Gasteiger partial charge < -0.3 is 9.84 Å². The first kappa shape index (κ1) is 14.7. The molecule has 1 aliphatic rings. The van der Waals surface area contributed by atoms with Gasteiger partial charge in [0.25, 0.3) is 0 Å². The zero-order valence-corrected chi connectivity index (χ0v) is 12.4. The monoisotopic (exact) mass is 301 g/mol. The minimum absolute atomic E-state index is 0.0630. The standard InChI is InChI=1S/C15H19N5O2/c1-10(17-15(21)12-7-8-16-19-12)14-18-13(22-20-14)9-11-5-3-2-4-6-11/h2-6,10,12,16,19H,7-9H2,1H3,(H,17,21). The highest BCUT2D eigenvalue weighted by molar-refractivity contribution is 5.82. The smallest absolute Gasteiger partial charge is 0.239 e. The number of rotatable bonds is 5. The fourth-order valence-corrected chi connectivity index (χ4v) is 2.35. The van der Waals surface area contributed by atoms with Crippen molar-refractivity contribution in [2.45, 2.75) is 31.8 Å². The number of amides is 1. The summed E-state index contributed by atoms with van der Waals surface area (Å²) in [6.45, 7) is 2.63. The third kappa shape index (κ3) is 3.49. The Balaban J connectivity index is 1.59. The van der Waals surface area contributed by atoms with Crippen LogP contribution in [0.4, 0.5) is 0 Å². The third-order valence-electron chi connectivity index (χ3n) is 3.58. The summed E-state index contributed by atoms with van der Waals surface area (Å²) in [7, 11) is 0. The molecule has 2 unspecified atom stereocenters. The number of carbonyl (C=O) groups is 1. The molecule has 3 rings (SSSR count). The Hall–Kier alpha value is -2.25. The molecule has 2 aromatic rings. The zero-order chi connectivity index (χ0) is 15.4. The van der Waals surface area contributed by atoms with Crippen LogP contribution in [0.1, 0.15) is 36.7 Å². The largest absolute Gasteiger partial charge is 0.345 e. The quantitative estimate of drug-likeness (QED) is 0.753. The Morgan fingerprint density at radius 2 is 2.27 bits per heavy atom. The topological polar surface area (TPSA) is 92.1 Å². The lowest BCUT2D eigenvalue weighted by molar-refractivity contribution is -0.123. The highest BCUT2D eigenvalue weighted by Gasteiger charge is 2.24. The molecule has 1 aromatic heterocycles. The number of aromatic nitrogens is 2. The van der Waals surface area contributed by atoms with E-state index >= 15 is 0 Å². The van der Waals surface area contributed by atoms with E-state index in [1.165, 1.54) is 0 Å². The summed E-state index contributed by atoms with van der Waals surface area (Å²) in [5, 5.41) is 6.84. The van der Waals surface area contributed by atoms with Crippen LogP contribution in [-0.4, -0.2) is 28.6 Å². The second-order valence-corrected chi connectivity index (χ2v) is 5.35. The summed E-state index contributed by atoms with van der Waals surface area (Å²) < 4.78 is 5.26. The highest BCUT2D eigenvalue weighted by Crippen LogP contribution is 2.12. The van der Waals surface area contributed by atoms with Gasteiger partial charge in [-0.3, -0.25) is 10.2 Å². The Kier molecular flexibility index (Phi) is 4.45. The molecule has 1 amide bonds. The van der Waals surface area contributed by atoms with E-state index in [2.05, 4.69) is 26.3 Å². The van der Waals surface area contributed by atoms with Crippen molar-refractivity contribution in [1.82, 2.24) is 26.3 Å². The van der Waals surface area contributed by atoms with Gasteiger partial charge in [-0.15, -0.1) is 0 Å². The molecule has 0 aliphatic carbocycles. The predicted molar refractivity (Wildman–Crippen MR) is 79.6 cm³/mol. The van der Waals surface area contributed by atoms with E-state index in [-0.39, 0.29) is 18.0 Å². The molecule has 1 aromatic carbocycles. The number of nitrogens with zero attached hydrogens (tertiary/aromatic N) is 2. The van der Waals surface area contributed by atoms with Crippen molar-refractivity contribution in [1.29, 1.82) is 0 Å². The maximum atomic E-state index is 12.0. The second-order valence-electron chi connectivity index (χ2n) is 5.35. The first-order valence-corrected chi connectivity index (χ1v) is 7.37. The van der Waals surface area contributed by atoms with Crippen molar-refractivity contribution in [2.24, 2.45) is 0 Å². The molecule has 2 atom stereocenters. The van der Waals surface area contributed by atoms with Crippen LogP contribution in [0.15, 0.2) is 34.9 Å². The lowest BCUT2D eigenvalue weighted by Crippen LogP contribution is -2.44. The molecule has 0 saturated carbocycles. The molecule has 7 heteroatoms. The lowest BCUT2D eigenvalue weighted by atomic mass is 10.1. The maximum Gasteiger partial charge on any atom is 0.239 e. The van der Waals surface area contributed by atoms with Crippen LogP contribution >= 0.6 is 0 Å². The van der Waals surface area contributed by atoms with Crippen LogP contribution in [0.2, 0.25) is 0 Å². The number of hydrogen-bond donors (Lipinski definition) is 3. The Morgan fingerprint density at radius 1 is 1.45 bits per heavy atom. The molecule has 1 aliphatic heterocycles. The summed E-state index contributed by atoms with van der Waals surface area (Å²) in [6.07, 6.45) is 1.35. The molecule has 22 heavy (non-hydrogen) atoms. The lowest BCUT2D eigenvalue weighted by Gasteiger charge is -2.13. The highest BCUT2D eigenvalue weighted by atomic mass is 16.5. The predicted octanol–water partition coefficient (Wildman–Crippen LogP) is 0.704. The van der Waals surface area contributed by atoms with Crippen molar-refractivity contribution in [3.63, 3.8) is 0 Å². The zero-order valence-electron chi connectivity index (χ0n) is 12.4. The summed E-state index contributed by atoms with van der Waals surface area (Å²) in [5.74, 6) is 0.972. The molecular weight excluding hydrogens is 282 g/mol. The van der Waals surface area contributed by atoms with Crippen LogP contribution in [0.25, 0.3) is 0 Å². The third-order valence-corrected chi connectivity index (χ3v) is 3.58. The molecule has 3 N–H and O–H groups in total. The van der Waals surface area contributed by atoms with Gasteiger partial charge in [-0.1, -0.05) is 35.5 Å². The van der Waals surface area contributed by atoms with E-state index in [0.29, 0.717) is 18.1 Å². The molecular formula is C15H19N5O2. The van der Waals surface area contributed by atoms with Crippen LogP contribution < -0.4 is 16.2 Å². The normalized spacial score (nSPS) is 19.0. The number of nitrogens with one attached hydrogen (secondary N) is 3. The molecule has 7 nitrogen and oxygen atoms in total. The van der Waals surface area contributed by atoms with Gasteiger partial charge in [0.1, 0.15) is 6.04 Å². The van der Waals surface area contributed by atoms with Gasteiger partial charge in [0, 0.05) is 6.54 Å². The average Bonchev–Trinajstić information content (AvgIpc) is 3.19. The van der Waals surface area contributed by atoms with Crippen molar-refractivity contribution in [3.8, 4) is 0 Å². The van der Waals surface area contributed by atoms with E-state index in [4.69, 9.17) is 4.52 Å².